The summed E-state index contributed by atoms with van der Waals surface area (Å²) in [5, 5.41) is 16.8. The highest BCUT2D eigenvalue weighted by molar-refractivity contribution is 7.13. The molecule has 0 fully saturated rings. The highest BCUT2D eigenvalue weighted by Gasteiger charge is 1.95. The number of carboxylic acid groups (broad SMARTS) is 2. The Morgan fingerprint density at radius 2 is 1.40 bits per heavy atom. The number of hydrogen-bond donors (Lipinski definition) is 2. The number of thiophene rings is 1. The molecule has 15 heavy (non-hydrogen) atoms. The summed E-state index contributed by atoms with van der Waals surface area (Å²) < 4.78 is 0. The van der Waals surface area contributed by atoms with Crippen molar-refractivity contribution in [3.8, 4) is 0 Å². The molecule has 0 bridgehead atoms. The van der Waals surface area contributed by atoms with Crippen molar-refractivity contribution in [1.82, 2.24) is 0 Å². The normalized spacial score (nSPS) is 11.2. The van der Waals surface area contributed by atoms with Gasteiger partial charge in [-0.3, -0.25) is 0 Å². The largest absolute Gasteiger partial charge is 0.478 e. The Morgan fingerprint density at radius 3 is 1.73 bits per heavy atom. The van der Waals surface area contributed by atoms with Crippen molar-refractivity contribution in [3.05, 3.63) is 34.0 Å². The first-order valence-corrected chi connectivity index (χ1v) is 4.81. The van der Waals surface area contributed by atoms with E-state index in [2.05, 4.69) is 0 Å². The summed E-state index contributed by atoms with van der Waals surface area (Å²) in [4.78, 5) is 22.0. The number of rotatable bonds is 4. The predicted molar refractivity (Wildman–Crippen MR) is 57.7 cm³/mol. The first kappa shape index (κ1) is 11.2. The molecule has 1 aromatic heterocycles. The maximum Gasteiger partial charge on any atom is 0.328 e. The van der Waals surface area contributed by atoms with Crippen molar-refractivity contribution in [2.75, 3.05) is 0 Å². The van der Waals surface area contributed by atoms with E-state index in [0.717, 1.165) is 21.9 Å². The molecule has 0 aliphatic rings. The van der Waals surface area contributed by atoms with Crippen LogP contribution in [0, 0.1) is 0 Å². The van der Waals surface area contributed by atoms with Gasteiger partial charge in [-0.15, -0.1) is 11.3 Å². The molecule has 78 valence electrons. The molecule has 0 saturated heterocycles. The average molecular weight is 224 g/mol. The monoisotopic (exact) mass is 224 g/mol. The third kappa shape index (κ3) is 4.24. The Bertz CT molecular complexity index is 390. The molecule has 0 atom stereocenters. The van der Waals surface area contributed by atoms with Crippen LogP contribution in [0.1, 0.15) is 9.75 Å². The molecule has 0 aliphatic heterocycles. The standard InChI is InChI=1S/C10H8O4S/c11-9(12)5-3-7-1-2-8(15-7)4-6-10(13)14/h1-6H,(H,11,12)(H,13,14)/b5-3-,6-4+. The van der Waals surface area contributed by atoms with Crippen molar-refractivity contribution in [2.45, 2.75) is 0 Å². The van der Waals surface area contributed by atoms with Gasteiger partial charge in [-0.25, -0.2) is 9.59 Å². The number of aliphatic carboxylic acids is 2. The second-order valence-electron chi connectivity index (χ2n) is 2.58. The van der Waals surface area contributed by atoms with Gasteiger partial charge in [0.25, 0.3) is 0 Å². The van der Waals surface area contributed by atoms with Crippen molar-refractivity contribution in [1.29, 1.82) is 0 Å². The zero-order valence-electron chi connectivity index (χ0n) is 7.58. The SMILES string of the molecule is O=C(O)/C=C\c1ccc(/C=C/C(=O)O)s1. The summed E-state index contributed by atoms with van der Waals surface area (Å²) in [6, 6.07) is 3.46. The van der Waals surface area contributed by atoms with Crippen LogP contribution in [0.3, 0.4) is 0 Å². The minimum Gasteiger partial charge on any atom is -0.478 e. The number of hydrogen-bond acceptors (Lipinski definition) is 3. The highest BCUT2D eigenvalue weighted by Crippen LogP contribution is 2.19. The van der Waals surface area contributed by atoms with Crippen LogP contribution in [0.4, 0.5) is 0 Å². The van der Waals surface area contributed by atoms with Gasteiger partial charge in [0.15, 0.2) is 0 Å². The van der Waals surface area contributed by atoms with Crippen LogP contribution in [-0.2, 0) is 9.59 Å². The fourth-order valence-electron chi connectivity index (χ4n) is 0.854. The van der Waals surface area contributed by atoms with Gasteiger partial charge in [-0.2, -0.15) is 0 Å². The van der Waals surface area contributed by atoms with Gasteiger partial charge < -0.3 is 10.2 Å². The smallest absolute Gasteiger partial charge is 0.328 e. The predicted octanol–water partition coefficient (Wildman–Crippen LogP) is 1.94. The molecule has 0 aliphatic carbocycles. The van der Waals surface area contributed by atoms with Gasteiger partial charge in [0.05, 0.1) is 0 Å². The molecule has 2 N–H and O–H groups in total. The van der Waals surface area contributed by atoms with Crippen molar-refractivity contribution in [2.24, 2.45) is 0 Å². The fraction of sp³-hybridized carbons (Fsp3) is 0. The molecular weight excluding hydrogens is 216 g/mol. The lowest BCUT2D eigenvalue weighted by molar-refractivity contribution is -0.132. The molecule has 5 heteroatoms. The van der Waals surface area contributed by atoms with E-state index in [-0.39, 0.29) is 0 Å². The first-order valence-electron chi connectivity index (χ1n) is 4.00. The Balaban J connectivity index is 2.72. The van der Waals surface area contributed by atoms with Gasteiger partial charge in [-0.1, -0.05) is 0 Å². The maximum atomic E-state index is 10.2. The van der Waals surface area contributed by atoms with Crippen LogP contribution >= 0.6 is 11.3 Å². The highest BCUT2D eigenvalue weighted by atomic mass is 32.1. The van der Waals surface area contributed by atoms with E-state index in [1.807, 2.05) is 0 Å². The zero-order valence-corrected chi connectivity index (χ0v) is 8.40. The van der Waals surface area contributed by atoms with E-state index in [1.54, 1.807) is 12.1 Å². The van der Waals surface area contributed by atoms with Crippen molar-refractivity contribution < 1.29 is 19.8 Å². The summed E-state index contributed by atoms with van der Waals surface area (Å²) in [7, 11) is 0. The lowest BCUT2D eigenvalue weighted by Crippen LogP contribution is -1.84. The summed E-state index contributed by atoms with van der Waals surface area (Å²) in [5.74, 6) is -2.02. The number of carboxylic acids is 2. The topological polar surface area (TPSA) is 74.6 Å². The van der Waals surface area contributed by atoms with E-state index < -0.39 is 11.9 Å². The van der Waals surface area contributed by atoms with Crippen molar-refractivity contribution >= 4 is 35.4 Å². The molecule has 1 heterocycles. The molecule has 1 rings (SSSR count). The Kier molecular flexibility index (Phi) is 3.82. The van der Waals surface area contributed by atoms with Gasteiger partial charge in [0, 0.05) is 21.9 Å². The Morgan fingerprint density at radius 1 is 1.00 bits per heavy atom. The number of carbonyl (C=O) groups is 2. The molecule has 0 aromatic carbocycles. The average Bonchev–Trinajstić information content (AvgIpc) is 2.59. The molecule has 0 saturated carbocycles. The third-order valence-corrected chi connectivity index (χ3v) is 2.44. The molecule has 4 nitrogen and oxygen atoms in total. The van der Waals surface area contributed by atoms with Crippen LogP contribution in [-0.4, -0.2) is 22.2 Å². The molecule has 0 radical (unpaired) electrons. The fourth-order valence-corrected chi connectivity index (χ4v) is 1.67. The van der Waals surface area contributed by atoms with Crippen molar-refractivity contribution in [3.63, 3.8) is 0 Å². The lowest BCUT2D eigenvalue weighted by Gasteiger charge is -1.82. The quantitative estimate of drug-likeness (QED) is 0.766. The maximum absolute atomic E-state index is 10.2. The van der Waals surface area contributed by atoms with E-state index in [4.69, 9.17) is 10.2 Å². The second kappa shape index (κ2) is 5.11. The Hall–Kier alpha value is -1.88. The van der Waals surface area contributed by atoms with Gasteiger partial charge in [0.2, 0.25) is 0 Å². The minimum absolute atomic E-state index is 0.766. The molecule has 0 spiro atoms. The van der Waals surface area contributed by atoms with Crippen LogP contribution in [0.2, 0.25) is 0 Å². The summed E-state index contributed by atoms with van der Waals surface area (Å²) in [6.45, 7) is 0. The van der Waals surface area contributed by atoms with Crippen LogP contribution in [0.5, 0.6) is 0 Å². The van der Waals surface area contributed by atoms with Crippen LogP contribution in [0.15, 0.2) is 24.3 Å². The molecule has 0 unspecified atom stereocenters. The molecule has 1 aromatic rings. The van der Waals surface area contributed by atoms with E-state index in [0.29, 0.717) is 0 Å². The third-order valence-electron chi connectivity index (χ3n) is 1.43. The van der Waals surface area contributed by atoms with E-state index >= 15 is 0 Å². The molecule has 0 amide bonds. The lowest BCUT2D eigenvalue weighted by atomic mass is 10.3. The van der Waals surface area contributed by atoms with E-state index in [1.165, 1.54) is 23.5 Å². The summed E-state index contributed by atoms with van der Waals surface area (Å²) >= 11 is 1.32. The second-order valence-corrected chi connectivity index (χ2v) is 3.73. The Labute approximate surface area is 89.8 Å². The first-order chi connectivity index (χ1) is 7.08. The molecular formula is C10H8O4S. The van der Waals surface area contributed by atoms with Crippen LogP contribution < -0.4 is 0 Å². The van der Waals surface area contributed by atoms with Gasteiger partial charge in [-0.05, 0) is 24.3 Å². The zero-order chi connectivity index (χ0) is 11.3. The van der Waals surface area contributed by atoms with Gasteiger partial charge in [0.1, 0.15) is 0 Å². The van der Waals surface area contributed by atoms with Crippen LogP contribution in [0.25, 0.3) is 12.2 Å². The van der Waals surface area contributed by atoms with Gasteiger partial charge >= 0.3 is 11.9 Å². The van der Waals surface area contributed by atoms with E-state index in [9.17, 15) is 9.59 Å². The minimum atomic E-state index is -1.01. The summed E-state index contributed by atoms with van der Waals surface area (Å²) in [6.07, 6.45) is 5.00. The summed E-state index contributed by atoms with van der Waals surface area (Å²) in [5.41, 5.74) is 0.